The van der Waals surface area contributed by atoms with Gasteiger partial charge in [-0.2, -0.15) is 5.26 Å². The van der Waals surface area contributed by atoms with Crippen LogP contribution in [0.15, 0.2) is 43.0 Å². The molecule has 0 radical (unpaired) electrons. The zero-order valence-corrected chi connectivity index (χ0v) is 17.2. The normalized spacial score (nSPS) is 15.1. The van der Waals surface area contributed by atoms with E-state index in [1.165, 1.54) is 16.5 Å². The molecule has 4 aromatic rings. The van der Waals surface area contributed by atoms with Gasteiger partial charge in [0.1, 0.15) is 23.4 Å². The molecule has 0 saturated carbocycles. The number of fused-ring (bicyclic) bond motifs is 2. The molecule has 1 N–H and O–H groups in total. The molecule has 0 spiro atoms. The lowest BCUT2D eigenvalue weighted by molar-refractivity contribution is 0.261. The SMILES string of the molecule is CCn1cc(C#N)c2ncnc(N3CCN(CCc4c[nH]c5ccccc45)CC3)c21. The standard InChI is InChI=1S/C23H25N7/c1-2-29-15-18(13-24)21-22(29)23(27-16-26-21)30-11-9-28(10-12-30)8-7-17-14-25-20-6-4-3-5-19(17)20/h3-6,14-16,25H,2,7-12H2,1H3. The number of nitrogens with zero attached hydrogens (tertiary/aromatic N) is 6. The van der Waals surface area contributed by atoms with Gasteiger partial charge in [-0.05, 0) is 25.0 Å². The molecule has 1 saturated heterocycles. The Hall–Kier alpha value is -3.37. The summed E-state index contributed by atoms with van der Waals surface area (Å²) in [6, 6.07) is 10.8. The lowest BCUT2D eigenvalue weighted by Crippen LogP contribution is -2.47. The van der Waals surface area contributed by atoms with Crippen LogP contribution in [0, 0.1) is 11.3 Å². The van der Waals surface area contributed by atoms with Gasteiger partial charge in [-0.3, -0.25) is 4.90 Å². The van der Waals surface area contributed by atoms with Gasteiger partial charge >= 0.3 is 0 Å². The molecule has 1 aliphatic rings. The van der Waals surface area contributed by atoms with Gasteiger partial charge in [-0.1, -0.05) is 18.2 Å². The molecule has 0 aliphatic carbocycles. The van der Waals surface area contributed by atoms with Gasteiger partial charge < -0.3 is 14.5 Å². The minimum absolute atomic E-state index is 0.618. The number of aromatic amines is 1. The summed E-state index contributed by atoms with van der Waals surface area (Å²) in [4.78, 5) is 17.2. The van der Waals surface area contributed by atoms with Crippen molar-refractivity contribution in [1.82, 2.24) is 24.4 Å². The fourth-order valence-electron chi connectivity index (χ4n) is 4.48. The van der Waals surface area contributed by atoms with E-state index in [1.807, 2.05) is 6.20 Å². The highest BCUT2D eigenvalue weighted by Gasteiger charge is 2.23. The number of anilines is 1. The van der Waals surface area contributed by atoms with E-state index in [0.717, 1.165) is 62.5 Å². The third kappa shape index (κ3) is 3.19. The molecule has 152 valence electrons. The monoisotopic (exact) mass is 399 g/mol. The zero-order chi connectivity index (χ0) is 20.5. The molecule has 7 heteroatoms. The quantitative estimate of drug-likeness (QED) is 0.558. The van der Waals surface area contributed by atoms with Gasteiger partial charge in [0.05, 0.1) is 5.56 Å². The highest BCUT2D eigenvalue weighted by atomic mass is 15.3. The van der Waals surface area contributed by atoms with Crippen molar-refractivity contribution < 1.29 is 0 Å². The Bertz CT molecular complexity index is 1220. The maximum atomic E-state index is 9.44. The third-order valence-electron chi connectivity index (χ3n) is 6.14. The van der Waals surface area contributed by atoms with Gasteiger partial charge in [0.25, 0.3) is 0 Å². The molecule has 7 nitrogen and oxygen atoms in total. The average molecular weight is 400 g/mol. The Morgan fingerprint density at radius 3 is 2.77 bits per heavy atom. The van der Waals surface area contributed by atoms with Gasteiger partial charge in [0.2, 0.25) is 0 Å². The summed E-state index contributed by atoms with van der Waals surface area (Å²) in [6.07, 6.45) is 6.67. The number of H-pyrrole nitrogens is 1. The van der Waals surface area contributed by atoms with Crippen LogP contribution in [-0.4, -0.2) is 57.1 Å². The molecule has 1 fully saturated rings. The Balaban J connectivity index is 1.28. The van der Waals surface area contributed by atoms with Gasteiger partial charge in [-0.25, -0.2) is 9.97 Å². The van der Waals surface area contributed by atoms with E-state index in [9.17, 15) is 5.26 Å². The number of piperazine rings is 1. The van der Waals surface area contributed by atoms with Crippen molar-refractivity contribution in [2.75, 3.05) is 37.6 Å². The van der Waals surface area contributed by atoms with Crippen LogP contribution in [0.1, 0.15) is 18.1 Å². The molecule has 5 rings (SSSR count). The van der Waals surface area contributed by atoms with Crippen LogP contribution in [0.4, 0.5) is 5.82 Å². The number of hydrogen-bond donors (Lipinski definition) is 1. The molecule has 3 aromatic heterocycles. The van der Waals surface area contributed by atoms with Crippen molar-refractivity contribution in [1.29, 1.82) is 5.26 Å². The summed E-state index contributed by atoms with van der Waals surface area (Å²) in [6.45, 7) is 7.80. The van der Waals surface area contributed by atoms with E-state index >= 15 is 0 Å². The maximum absolute atomic E-state index is 9.44. The van der Waals surface area contributed by atoms with Crippen molar-refractivity contribution >= 4 is 27.8 Å². The number of aryl methyl sites for hydroxylation is 1. The number of aromatic nitrogens is 4. The Labute approximate surface area is 175 Å². The van der Waals surface area contributed by atoms with Crippen molar-refractivity contribution in [3.05, 3.63) is 54.1 Å². The van der Waals surface area contributed by atoms with Crippen molar-refractivity contribution in [2.24, 2.45) is 0 Å². The first-order valence-electron chi connectivity index (χ1n) is 10.5. The first-order chi connectivity index (χ1) is 14.8. The fraction of sp³-hybridized carbons (Fsp3) is 0.348. The van der Waals surface area contributed by atoms with E-state index in [2.05, 4.69) is 72.8 Å². The van der Waals surface area contributed by atoms with E-state index in [-0.39, 0.29) is 0 Å². The zero-order valence-electron chi connectivity index (χ0n) is 17.2. The van der Waals surface area contributed by atoms with E-state index in [0.29, 0.717) is 5.56 Å². The third-order valence-corrected chi connectivity index (χ3v) is 6.14. The molecule has 30 heavy (non-hydrogen) atoms. The predicted molar refractivity (Wildman–Crippen MR) is 119 cm³/mol. The lowest BCUT2D eigenvalue weighted by Gasteiger charge is -2.35. The number of nitrogens with one attached hydrogen (secondary N) is 1. The largest absolute Gasteiger partial charge is 0.361 e. The summed E-state index contributed by atoms with van der Waals surface area (Å²) in [7, 11) is 0. The Kier molecular flexibility index (Phi) is 4.85. The lowest BCUT2D eigenvalue weighted by atomic mass is 10.1. The number of hydrogen-bond acceptors (Lipinski definition) is 5. The van der Waals surface area contributed by atoms with Crippen LogP contribution in [-0.2, 0) is 13.0 Å². The smallest absolute Gasteiger partial charge is 0.156 e. The van der Waals surface area contributed by atoms with Crippen LogP contribution in [0.3, 0.4) is 0 Å². The van der Waals surface area contributed by atoms with E-state index in [1.54, 1.807) is 6.33 Å². The Morgan fingerprint density at radius 1 is 1.13 bits per heavy atom. The summed E-state index contributed by atoms with van der Waals surface area (Å²) in [5.41, 5.74) is 4.94. The van der Waals surface area contributed by atoms with Crippen molar-refractivity contribution in [3.8, 4) is 6.07 Å². The second-order valence-corrected chi connectivity index (χ2v) is 7.77. The van der Waals surface area contributed by atoms with Crippen LogP contribution in [0.5, 0.6) is 0 Å². The first-order valence-corrected chi connectivity index (χ1v) is 10.5. The molecular formula is C23H25N7. The summed E-state index contributed by atoms with van der Waals surface area (Å²) < 4.78 is 2.09. The molecule has 1 aliphatic heterocycles. The van der Waals surface area contributed by atoms with Crippen LogP contribution < -0.4 is 4.90 Å². The van der Waals surface area contributed by atoms with Crippen molar-refractivity contribution in [2.45, 2.75) is 19.9 Å². The van der Waals surface area contributed by atoms with E-state index < -0.39 is 0 Å². The summed E-state index contributed by atoms with van der Waals surface area (Å²) in [5.74, 6) is 0.944. The van der Waals surface area contributed by atoms with E-state index in [4.69, 9.17) is 0 Å². The highest BCUT2D eigenvalue weighted by Crippen LogP contribution is 2.28. The number of nitriles is 1. The second kappa shape index (κ2) is 7.81. The van der Waals surface area contributed by atoms with Gasteiger partial charge in [-0.15, -0.1) is 0 Å². The average Bonchev–Trinajstić information content (AvgIpc) is 3.39. The highest BCUT2D eigenvalue weighted by molar-refractivity contribution is 5.91. The van der Waals surface area contributed by atoms with Crippen LogP contribution in [0.2, 0.25) is 0 Å². The number of rotatable bonds is 5. The summed E-state index contributed by atoms with van der Waals surface area (Å²) >= 11 is 0. The number of benzene rings is 1. The van der Waals surface area contributed by atoms with Crippen molar-refractivity contribution in [3.63, 3.8) is 0 Å². The van der Waals surface area contributed by atoms with Gasteiger partial charge in [0.15, 0.2) is 5.82 Å². The molecule has 0 unspecified atom stereocenters. The Morgan fingerprint density at radius 2 is 1.97 bits per heavy atom. The molecule has 4 heterocycles. The van der Waals surface area contributed by atoms with Gasteiger partial charge in [0, 0.05) is 62.6 Å². The predicted octanol–water partition coefficient (Wildman–Crippen LogP) is 3.17. The summed E-state index contributed by atoms with van der Waals surface area (Å²) in [5, 5.41) is 10.8. The minimum atomic E-state index is 0.618. The number of para-hydroxylation sites is 1. The second-order valence-electron chi connectivity index (χ2n) is 7.77. The van der Waals surface area contributed by atoms with Crippen LogP contribution in [0.25, 0.3) is 21.9 Å². The van der Waals surface area contributed by atoms with Crippen LogP contribution >= 0.6 is 0 Å². The maximum Gasteiger partial charge on any atom is 0.156 e. The fourth-order valence-corrected chi connectivity index (χ4v) is 4.48. The molecule has 0 amide bonds. The molecular weight excluding hydrogens is 374 g/mol. The minimum Gasteiger partial charge on any atom is -0.361 e. The first kappa shape index (κ1) is 18.6. The molecule has 0 bridgehead atoms. The molecule has 0 atom stereocenters. The topological polar surface area (TPSA) is 76.8 Å². The molecule has 1 aromatic carbocycles.